The molecular weight excluding hydrogens is 324 g/mol. The normalized spacial score (nSPS) is 29.6. The van der Waals surface area contributed by atoms with Crippen molar-refractivity contribution < 1.29 is 14.6 Å². The molecule has 26 heavy (non-hydrogen) atoms. The van der Waals surface area contributed by atoms with Crippen LogP contribution in [0, 0.1) is 17.8 Å². The van der Waals surface area contributed by atoms with Crippen LogP contribution in [0.1, 0.15) is 69.3 Å². The van der Waals surface area contributed by atoms with Gasteiger partial charge in [-0.3, -0.25) is 0 Å². The molecule has 3 heteroatoms. The molecule has 2 saturated carbocycles. The van der Waals surface area contributed by atoms with Crippen LogP contribution in [0.4, 0.5) is 0 Å². The average Bonchev–Trinajstić information content (AvgIpc) is 2.68. The summed E-state index contributed by atoms with van der Waals surface area (Å²) in [7, 11) is 1.72. The second-order valence-corrected chi connectivity index (χ2v) is 8.14. The summed E-state index contributed by atoms with van der Waals surface area (Å²) in [6.45, 7) is 0. The lowest BCUT2D eigenvalue weighted by Gasteiger charge is -2.38. The average molecular weight is 357 g/mol. The number of carbonyl (C=O) groups is 1. The third kappa shape index (κ3) is 5.12. The minimum Gasteiger partial charge on any atom is -0.497 e. The van der Waals surface area contributed by atoms with Gasteiger partial charge in [-0.25, -0.2) is 4.79 Å². The van der Waals surface area contributed by atoms with Gasteiger partial charge in [-0.2, -0.15) is 0 Å². The summed E-state index contributed by atoms with van der Waals surface area (Å²) in [5.41, 5.74) is 1.47. The van der Waals surface area contributed by atoms with Crippen LogP contribution in [0.5, 0.6) is 5.75 Å². The molecule has 0 spiro atoms. The van der Waals surface area contributed by atoms with E-state index in [-0.39, 0.29) is 0 Å². The summed E-state index contributed by atoms with van der Waals surface area (Å²) in [6, 6.07) is 8.64. The maximum atomic E-state index is 10.6. The van der Waals surface area contributed by atoms with Crippen molar-refractivity contribution in [3.63, 3.8) is 0 Å². The topological polar surface area (TPSA) is 46.5 Å². The molecular formula is C23H32O3. The highest BCUT2D eigenvalue weighted by Crippen LogP contribution is 2.44. The Bertz CT molecular complexity index is 588. The van der Waals surface area contributed by atoms with E-state index in [1.165, 1.54) is 63.0 Å². The molecule has 2 aliphatic rings. The van der Waals surface area contributed by atoms with Gasteiger partial charge in [-0.1, -0.05) is 18.2 Å². The van der Waals surface area contributed by atoms with Crippen molar-refractivity contribution in [3.8, 4) is 5.75 Å². The van der Waals surface area contributed by atoms with Crippen molar-refractivity contribution in [2.45, 2.75) is 63.7 Å². The molecule has 142 valence electrons. The van der Waals surface area contributed by atoms with Gasteiger partial charge in [0.05, 0.1) is 7.11 Å². The van der Waals surface area contributed by atoms with E-state index in [2.05, 4.69) is 24.3 Å². The number of hydrogen-bond donors (Lipinski definition) is 1. The first-order valence-corrected chi connectivity index (χ1v) is 10.2. The van der Waals surface area contributed by atoms with Crippen LogP contribution < -0.4 is 4.74 Å². The Labute approximate surface area is 157 Å². The summed E-state index contributed by atoms with van der Waals surface area (Å²) in [4.78, 5) is 10.6. The Morgan fingerprint density at radius 2 is 1.58 bits per heavy atom. The molecule has 0 unspecified atom stereocenters. The third-order valence-corrected chi connectivity index (χ3v) is 6.65. The number of carboxylic acids is 1. The molecule has 0 aliphatic heterocycles. The van der Waals surface area contributed by atoms with Gasteiger partial charge in [0.25, 0.3) is 0 Å². The molecule has 0 saturated heterocycles. The molecule has 0 bridgehead atoms. The van der Waals surface area contributed by atoms with E-state index in [9.17, 15) is 4.79 Å². The lowest BCUT2D eigenvalue weighted by molar-refractivity contribution is -0.131. The lowest BCUT2D eigenvalue weighted by atomic mass is 9.68. The van der Waals surface area contributed by atoms with Crippen LogP contribution in [-0.2, 0) is 4.79 Å². The number of hydrogen-bond acceptors (Lipinski definition) is 2. The quantitative estimate of drug-likeness (QED) is 0.655. The van der Waals surface area contributed by atoms with Crippen molar-refractivity contribution in [2.75, 3.05) is 7.11 Å². The summed E-state index contributed by atoms with van der Waals surface area (Å²) >= 11 is 0. The number of rotatable bonds is 6. The minimum absolute atomic E-state index is 0.692. The molecule has 1 N–H and O–H groups in total. The number of carboxylic acid groups (broad SMARTS) is 1. The van der Waals surface area contributed by atoms with Gasteiger partial charge in [-0.15, -0.1) is 0 Å². The highest BCUT2D eigenvalue weighted by Gasteiger charge is 2.31. The van der Waals surface area contributed by atoms with Gasteiger partial charge in [0.15, 0.2) is 0 Å². The predicted molar refractivity (Wildman–Crippen MR) is 105 cm³/mol. The number of allylic oxidation sites excluding steroid dienone is 1. The van der Waals surface area contributed by atoms with Crippen LogP contribution in [0.3, 0.4) is 0 Å². The van der Waals surface area contributed by atoms with Crippen molar-refractivity contribution >= 4 is 5.97 Å². The van der Waals surface area contributed by atoms with Gasteiger partial charge < -0.3 is 9.84 Å². The highest BCUT2D eigenvalue weighted by atomic mass is 16.5. The van der Waals surface area contributed by atoms with E-state index < -0.39 is 5.97 Å². The van der Waals surface area contributed by atoms with Crippen molar-refractivity contribution in [1.82, 2.24) is 0 Å². The molecule has 1 aromatic carbocycles. The minimum atomic E-state index is -0.827. The zero-order chi connectivity index (χ0) is 18.4. The highest BCUT2D eigenvalue weighted by molar-refractivity contribution is 5.79. The molecule has 2 aliphatic carbocycles. The Kier molecular flexibility index (Phi) is 6.76. The zero-order valence-corrected chi connectivity index (χ0v) is 15.9. The second kappa shape index (κ2) is 9.25. The number of aliphatic carboxylic acids is 1. The van der Waals surface area contributed by atoms with Gasteiger partial charge in [0.2, 0.25) is 0 Å². The number of benzene rings is 1. The molecule has 0 amide bonds. The second-order valence-electron chi connectivity index (χ2n) is 8.14. The Morgan fingerprint density at radius 1 is 1.00 bits per heavy atom. The summed E-state index contributed by atoms with van der Waals surface area (Å²) in [6.07, 6.45) is 14.7. The SMILES string of the molecule is COc1ccc([C@H]2CC[C@H]([C@H]3CC[C@H](C/C=C/C(=O)O)CC3)CC2)cc1. The van der Waals surface area contributed by atoms with E-state index in [4.69, 9.17) is 9.84 Å². The Balaban J connectivity index is 1.42. The smallest absolute Gasteiger partial charge is 0.327 e. The summed E-state index contributed by atoms with van der Waals surface area (Å²) in [5, 5.41) is 8.69. The van der Waals surface area contributed by atoms with Crippen LogP contribution in [0.15, 0.2) is 36.4 Å². The predicted octanol–water partition coefficient (Wildman–Crippen LogP) is 5.81. The molecule has 3 rings (SSSR count). The van der Waals surface area contributed by atoms with Crippen LogP contribution in [0.2, 0.25) is 0 Å². The fraction of sp³-hybridized carbons (Fsp3) is 0.609. The lowest BCUT2D eigenvalue weighted by Crippen LogP contribution is -2.25. The van der Waals surface area contributed by atoms with E-state index in [1.54, 1.807) is 7.11 Å². The zero-order valence-electron chi connectivity index (χ0n) is 15.9. The van der Waals surface area contributed by atoms with Gasteiger partial charge in [0.1, 0.15) is 5.75 Å². The van der Waals surface area contributed by atoms with E-state index in [0.29, 0.717) is 5.92 Å². The Morgan fingerprint density at radius 3 is 2.12 bits per heavy atom. The maximum absolute atomic E-state index is 10.6. The van der Waals surface area contributed by atoms with Gasteiger partial charge in [0, 0.05) is 6.08 Å². The largest absolute Gasteiger partial charge is 0.497 e. The van der Waals surface area contributed by atoms with Crippen LogP contribution in [0.25, 0.3) is 0 Å². The van der Waals surface area contributed by atoms with Gasteiger partial charge in [-0.05, 0) is 99.2 Å². The molecule has 0 aromatic heterocycles. The monoisotopic (exact) mass is 356 g/mol. The van der Waals surface area contributed by atoms with E-state index >= 15 is 0 Å². The maximum Gasteiger partial charge on any atom is 0.327 e. The molecule has 0 radical (unpaired) electrons. The Hall–Kier alpha value is -1.77. The molecule has 1 aromatic rings. The molecule has 3 nitrogen and oxygen atoms in total. The third-order valence-electron chi connectivity index (χ3n) is 6.65. The van der Waals surface area contributed by atoms with Crippen molar-refractivity contribution in [2.24, 2.45) is 17.8 Å². The van der Waals surface area contributed by atoms with E-state index in [1.807, 2.05) is 6.08 Å². The fourth-order valence-corrected chi connectivity index (χ4v) is 5.06. The summed E-state index contributed by atoms with van der Waals surface area (Å²) < 4.78 is 5.26. The molecule has 0 heterocycles. The van der Waals surface area contributed by atoms with Gasteiger partial charge >= 0.3 is 5.97 Å². The summed E-state index contributed by atoms with van der Waals surface area (Å²) in [5.74, 6) is 3.32. The van der Waals surface area contributed by atoms with Crippen molar-refractivity contribution in [3.05, 3.63) is 42.0 Å². The van der Waals surface area contributed by atoms with E-state index in [0.717, 1.165) is 29.9 Å². The first-order valence-electron chi connectivity index (χ1n) is 10.2. The van der Waals surface area contributed by atoms with Crippen LogP contribution in [-0.4, -0.2) is 18.2 Å². The number of ether oxygens (including phenoxy) is 1. The fourth-order valence-electron chi connectivity index (χ4n) is 5.06. The molecule has 0 atom stereocenters. The number of methoxy groups -OCH3 is 1. The standard InChI is InChI=1S/C23H32O3/c1-26-22-15-13-21(14-16-22)20-11-9-19(10-12-20)18-7-5-17(6-8-18)3-2-4-23(24)25/h2,4,13-20H,3,5-12H2,1H3,(H,24,25)/b4-2+/t17-,18-,19-,20-. The first-order chi connectivity index (χ1) is 12.7. The molecule has 2 fully saturated rings. The van der Waals surface area contributed by atoms with Crippen molar-refractivity contribution in [1.29, 1.82) is 0 Å². The van der Waals surface area contributed by atoms with Crippen LogP contribution >= 0.6 is 0 Å². The first kappa shape index (κ1) is 19.0.